The lowest BCUT2D eigenvalue weighted by Crippen LogP contribution is -2.37. The monoisotopic (exact) mass is 304 g/mol. The van der Waals surface area contributed by atoms with E-state index in [4.69, 9.17) is 9.47 Å². The zero-order valence-electron chi connectivity index (χ0n) is 12.6. The van der Waals surface area contributed by atoms with Crippen molar-refractivity contribution in [2.45, 2.75) is 13.0 Å². The summed E-state index contributed by atoms with van der Waals surface area (Å²) in [6.45, 7) is 5.01. The highest BCUT2D eigenvalue weighted by atomic mass is 16.5. The molecule has 6 nitrogen and oxygen atoms in total. The van der Waals surface area contributed by atoms with Crippen molar-refractivity contribution in [2.24, 2.45) is 0 Å². The van der Waals surface area contributed by atoms with Crippen molar-refractivity contribution in [2.75, 3.05) is 26.8 Å². The first-order chi connectivity index (χ1) is 10.6. The Bertz CT molecular complexity index is 571. The van der Waals surface area contributed by atoms with Crippen molar-refractivity contribution in [3.63, 3.8) is 0 Å². The number of carbonyl (C=O) groups is 2. The molecule has 0 aliphatic carbocycles. The second-order valence-corrected chi connectivity index (χ2v) is 5.01. The number of fused-ring (bicyclic) bond motifs is 1. The van der Waals surface area contributed by atoms with Gasteiger partial charge in [0.15, 0.2) is 11.5 Å². The fraction of sp³-hybridized carbons (Fsp3) is 0.375. The zero-order valence-corrected chi connectivity index (χ0v) is 12.6. The molecule has 1 heterocycles. The fourth-order valence-electron chi connectivity index (χ4n) is 2.02. The van der Waals surface area contributed by atoms with Crippen molar-refractivity contribution in [3.8, 4) is 11.5 Å². The number of ether oxygens (including phenoxy) is 2. The maximum atomic E-state index is 11.8. The van der Waals surface area contributed by atoms with E-state index >= 15 is 0 Å². The van der Waals surface area contributed by atoms with Crippen LogP contribution in [0.25, 0.3) is 0 Å². The lowest BCUT2D eigenvalue weighted by molar-refractivity contribution is -0.131. The van der Waals surface area contributed by atoms with Crippen LogP contribution in [0.15, 0.2) is 30.9 Å². The summed E-state index contributed by atoms with van der Waals surface area (Å²) in [4.78, 5) is 24.4. The topological polar surface area (TPSA) is 67.9 Å². The molecule has 0 bridgehead atoms. The second kappa shape index (κ2) is 7.49. The minimum Gasteiger partial charge on any atom is -0.490 e. The number of amides is 2. The molecule has 1 N–H and O–H groups in total. The van der Waals surface area contributed by atoms with E-state index in [9.17, 15) is 9.59 Å². The van der Waals surface area contributed by atoms with Crippen molar-refractivity contribution in [3.05, 3.63) is 36.4 Å². The summed E-state index contributed by atoms with van der Waals surface area (Å²) in [6.07, 6.45) is 2.03. The molecule has 0 saturated carbocycles. The Labute approximate surface area is 129 Å². The molecule has 0 atom stereocenters. The average molecular weight is 304 g/mol. The molecular formula is C16H20N2O4. The maximum absolute atomic E-state index is 11.8. The van der Waals surface area contributed by atoms with Gasteiger partial charge in [0.1, 0.15) is 0 Å². The van der Waals surface area contributed by atoms with Crippen LogP contribution in [-0.2, 0) is 16.1 Å². The van der Waals surface area contributed by atoms with Gasteiger partial charge in [0.25, 0.3) is 0 Å². The summed E-state index contributed by atoms with van der Waals surface area (Å²) in [7, 11) is 1.55. The minimum absolute atomic E-state index is 0.00456. The van der Waals surface area contributed by atoms with Gasteiger partial charge in [0, 0.05) is 20.0 Å². The van der Waals surface area contributed by atoms with Crippen molar-refractivity contribution >= 4 is 11.8 Å². The van der Waals surface area contributed by atoms with E-state index in [2.05, 4.69) is 11.9 Å². The Kier molecular flexibility index (Phi) is 5.41. The van der Waals surface area contributed by atoms with Gasteiger partial charge in [-0.2, -0.15) is 0 Å². The quantitative estimate of drug-likeness (QED) is 0.828. The smallest absolute Gasteiger partial charge is 0.246 e. The number of benzene rings is 1. The molecule has 22 heavy (non-hydrogen) atoms. The predicted octanol–water partition coefficient (Wildman–Crippen LogP) is 1.11. The minimum atomic E-state index is -0.286. The molecule has 2 amide bonds. The van der Waals surface area contributed by atoms with Gasteiger partial charge in [-0.15, -0.1) is 0 Å². The molecule has 1 aliphatic rings. The third kappa shape index (κ3) is 4.25. The first-order valence-electron chi connectivity index (χ1n) is 7.13. The number of carbonyl (C=O) groups excluding carboxylic acids is 2. The summed E-state index contributed by atoms with van der Waals surface area (Å²) in [5.41, 5.74) is 0.912. The summed E-state index contributed by atoms with van der Waals surface area (Å²) in [5, 5.41) is 2.77. The van der Waals surface area contributed by atoms with Gasteiger partial charge in [0.2, 0.25) is 11.8 Å². The van der Waals surface area contributed by atoms with Crippen LogP contribution in [0.3, 0.4) is 0 Å². The Morgan fingerprint density at radius 2 is 2.05 bits per heavy atom. The van der Waals surface area contributed by atoms with Crippen LogP contribution in [0.5, 0.6) is 11.5 Å². The highest BCUT2D eigenvalue weighted by molar-refractivity contribution is 5.90. The van der Waals surface area contributed by atoms with Gasteiger partial charge in [-0.3, -0.25) is 9.59 Å². The lowest BCUT2D eigenvalue weighted by atomic mass is 10.2. The highest BCUT2D eigenvalue weighted by Crippen LogP contribution is 2.30. The van der Waals surface area contributed by atoms with Gasteiger partial charge in [0.05, 0.1) is 19.8 Å². The third-order valence-electron chi connectivity index (χ3n) is 3.23. The Balaban J connectivity index is 1.89. The number of likely N-dealkylation sites (N-methyl/N-ethyl adjacent to an activating group) is 1. The molecule has 1 aliphatic heterocycles. The second-order valence-electron chi connectivity index (χ2n) is 5.01. The van der Waals surface area contributed by atoms with Crippen molar-refractivity contribution in [1.82, 2.24) is 10.2 Å². The molecule has 0 fully saturated rings. The number of nitrogens with one attached hydrogen (secondary N) is 1. The molecular weight excluding hydrogens is 284 g/mol. The van der Waals surface area contributed by atoms with E-state index < -0.39 is 0 Å². The van der Waals surface area contributed by atoms with Crippen LogP contribution in [-0.4, -0.2) is 43.5 Å². The molecule has 0 unspecified atom stereocenters. The van der Waals surface area contributed by atoms with Crippen LogP contribution in [0.2, 0.25) is 0 Å². The standard InChI is InChI=1S/C16H20N2O4/c1-3-16(20)18(2)11-15(19)17-10-12-5-6-13-14(9-12)22-8-4-7-21-13/h3,5-6,9H,1,4,7-8,10-11H2,2H3,(H,17,19). The molecule has 1 aromatic carbocycles. The average Bonchev–Trinajstić information content (AvgIpc) is 2.76. The lowest BCUT2D eigenvalue weighted by Gasteiger charge is -2.15. The van der Waals surface area contributed by atoms with Crippen LogP contribution in [0, 0.1) is 0 Å². The molecule has 2 rings (SSSR count). The predicted molar refractivity (Wildman–Crippen MR) is 81.7 cm³/mol. The number of nitrogens with zero attached hydrogens (tertiary/aromatic N) is 1. The molecule has 6 heteroatoms. The van der Waals surface area contributed by atoms with Gasteiger partial charge in [-0.05, 0) is 23.8 Å². The summed E-state index contributed by atoms with van der Waals surface area (Å²) < 4.78 is 11.2. The molecule has 1 aromatic rings. The molecule has 0 saturated heterocycles. The molecule has 0 aromatic heterocycles. The molecule has 0 radical (unpaired) electrons. The number of rotatable bonds is 5. The van der Waals surface area contributed by atoms with E-state index in [0.29, 0.717) is 25.5 Å². The van der Waals surface area contributed by atoms with Crippen molar-refractivity contribution in [1.29, 1.82) is 0 Å². The van der Waals surface area contributed by atoms with Crippen LogP contribution < -0.4 is 14.8 Å². The van der Waals surface area contributed by atoms with Gasteiger partial charge >= 0.3 is 0 Å². The molecule has 0 spiro atoms. The summed E-state index contributed by atoms with van der Waals surface area (Å²) >= 11 is 0. The maximum Gasteiger partial charge on any atom is 0.246 e. The summed E-state index contributed by atoms with van der Waals surface area (Å²) in [5.74, 6) is 0.905. The largest absolute Gasteiger partial charge is 0.490 e. The number of hydrogen-bond acceptors (Lipinski definition) is 4. The number of hydrogen-bond donors (Lipinski definition) is 1. The van der Waals surface area contributed by atoms with E-state index in [1.807, 2.05) is 18.2 Å². The molecule has 118 valence electrons. The van der Waals surface area contributed by atoms with Gasteiger partial charge < -0.3 is 19.7 Å². The fourth-order valence-corrected chi connectivity index (χ4v) is 2.02. The Morgan fingerprint density at radius 3 is 2.77 bits per heavy atom. The van der Waals surface area contributed by atoms with Crippen LogP contribution in [0.4, 0.5) is 0 Å². The van der Waals surface area contributed by atoms with Gasteiger partial charge in [-0.1, -0.05) is 12.6 Å². The SMILES string of the molecule is C=CC(=O)N(C)CC(=O)NCc1ccc2c(c1)OCCCO2. The third-order valence-corrected chi connectivity index (χ3v) is 3.23. The summed E-state index contributed by atoms with van der Waals surface area (Å²) in [6, 6.07) is 5.58. The first kappa shape index (κ1) is 15.9. The first-order valence-corrected chi connectivity index (χ1v) is 7.13. The Morgan fingerprint density at radius 1 is 1.32 bits per heavy atom. The van der Waals surface area contributed by atoms with Crippen LogP contribution >= 0.6 is 0 Å². The van der Waals surface area contributed by atoms with E-state index in [0.717, 1.165) is 17.7 Å². The van der Waals surface area contributed by atoms with Gasteiger partial charge in [-0.25, -0.2) is 0 Å². The van der Waals surface area contributed by atoms with E-state index in [1.54, 1.807) is 7.05 Å². The van der Waals surface area contributed by atoms with E-state index in [-0.39, 0.29) is 18.4 Å². The zero-order chi connectivity index (χ0) is 15.9. The van der Waals surface area contributed by atoms with E-state index in [1.165, 1.54) is 11.0 Å². The normalized spacial score (nSPS) is 13.0. The Hall–Kier alpha value is -2.50. The van der Waals surface area contributed by atoms with Crippen LogP contribution in [0.1, 0.15) is 12.0 Å². The van der Waals surface area contributed by atoms with Crippen molar-refractivity contribution < 1.29 is 19.1 Å². The highest BCUT2D eigenvalue weighted by Gasteiger charge is 2.12.